The van der Waals surface area contributed by atoms with Crippen LogP contribution in [0.2, 0.25) is 15.2 Å². The number of anilines is 3. The molecule has 10 heteroatoms. The van der Waals surface area contributed by atoms with Gasteiger partial charge in [-0.15, -0.1) is 0 Å². The van der Waals surface area contributed by atoms with Gasteiger partial charge in [-0.25, -0.2) is 14.6 Å². The van der Waals surface area contributed by atoms with Gasteiger partial charge in [0.2, 0.25) is 5.95 Å². The molecule has 3 aromatic rings. The predicted molar refractivity (Wildman–Crippen MR) is 132 cm³/mol. The average molecular weight is 508 g/mol. The van der Waals surface area contributed by atoms with Crippen molar-refractivity contribution in [3.63, 3.8) is 0 Å². The number of benzene rings is 1. The van der Waals surface area contributed by atoms with Crippen LogP contribution in [0.5, 0.6) is 0 Å². The molecule has 4 fully saturated rings. The molecule has 2 N–H and O–H groups in total. The van der Waals surface area contributed by atoms with Crippen molar-refractivity contribution in [1.29, 1.82) is 0 Å². The molecule has 33 heavy (non-hydrogen) atoms. The number of fused-ring (bicyclic) bond motifs is 2. The Bertz CT molecular complexity index is 1240. The molecular weight excluding hydrogens is 483 g/mol. The van der Waals surface area contributed by atoms with Gasteiger partial charge in [0.1, 0.15) is 0 Å². The van der Waals surface area contributed by atoms with Gasteiger partial charge < -0.3 is 15.3 Å². The van der Waals surface area contributed by atoms with Crippen LogP contribution >= 0.6 is 34.8 Å². The van der Waals surface area contributed by atoms with Crippen LogP contribution in [0.3, 0.4) is 0 Å². The summed E-state index contributed by atoms with van der Waals surface area (Å²) in [5.74, 6) is 1.22. The molecular formula is C23H25Cl3N6O. The molecule has 4 aliphatic rings. The molecule has 0 amide bonds. The SMILES string of the molecule is CC1(O)CCN(c2c(Cl)cc3cnc(Nc4cnn(C56CCC(C5)C6)c4Cl)nc3c2Cl)CC1. The van der Waals surface area contributed by atoms with Crippen molar-refractivity contribution >= 4 is 63.0 Å². The van der Waals surface area contributed by atoms with E-state index in [-0.39, 0.29) is 5.54 Å². The quantitative estimate of drug-likeness (QED) is 0.466. The topological polar surface area (TPSA) is 79.1 Å². The maximum Gasteiger partial charge on any atom is 0.227 e. The Kier molecular flexibility index (Phi) is 5.00. The molecule has 7 rings (SSSR count). The first-order valence-electron chi connectivity index (χ1n) is 11.4. The number of nitrogens with zero attached hydrogens (tertiary/aromatic N) is 5. The lowest BCUT2D eigenvalue weighted by Gasteiger charge is -2.39. The van der Waals surface area contributed by atoms with Crippen molar-refractivity contribution in [3.8, 4) is 0 Å². The summed E-state index contributed by atoms with van der Waals surface area (Å²) >= 11 is 20.1. The summed E-state index contributed by atoms with van der Waals surface area (Å²) in [6.45, 7) is 3.21. The normalized spacial score (nSPS) is 26.0. The van der Waals surface area contributed by atoms with Gasteiger partial charge in [-0.05, 0) is 57.4 Å². The number of hydrogen-bond acceptors (Lipinski definition) is 6. The molecule has 3 aliphatic carbocycles. The van der Waals surface area contributed by atoms with Gasteiger partial charge in [0, 0.05) is 24.7 Å². The van der Waals surface area contributed by atoms with Gasteiger partial charge >= 0.3 is 0 Å². The molecule has 0 radical (unpaired) electrons. The fourth-order valence-corrected chi connectivity index (χ4v) is 6.77. The Morgan fingerprint density at radius 3 is 2.58 bits per heavy atom. The maximum atomic E-state index is 10.3. The van der Waals surface area contributed by atoms with Crippen LogP contribution in [0.15, 0.2) is 18.5 Å². The van der Waals surface area contributed by atoms with E-state index in [1.807, 2.05) is 17.7 Å². The van der Waals surface area contributed by atoms with Crippen LogP contribution in [0, 0.1) is 5.92 Å². The molecule has 1 aromatic carbocycles. The first kappa shape index (κ1) is 21.7. The summed E-state index contributed by atoms with van der Waals surface area (Å²) in [6.07, 6.45) is 9.46. The standard InChI is InChI=1S/C23H25Cl3N6O/c1-22(33)4-6-31(7-5-22)19-15(24)8-14-11-27-21(30-18(14)17(19)25)29-16-12-28-32(20(16)26)23-3-2-13(9-23)10-23/h8,11-13,33H,2-7,9-10H2,1H3,(H,27,29,30). The number of aliphatic hydroxyl groups is 1. The highest BCUT2D eigenvalue weighted by Gasteiger charge is 2.53. The minimum absolute atomic E-state index is 0.0833. The smallest absolute Gasteiger partial charge is 0.227 e. The molecule has 1 aliphatic heterocycles. The van der Waals surface area contributed by atoms with Crippen molar-refractivity contribution in [2.75, 3.05) is 23.3 Å². The summed E-state index contributed by atoms with van der Waals surface area (Å²) in [6, 6.07) is 1.84. The molecule has 3 saturated carbocycles. The maximum absolute atomic E-state index is 10.3. The summed E-state index contributed by atoms with van der Waals surface area (Å²) in [5.41, 5.74) is 1.47. The van der Waals surface area contributed by atoms with Crippen LogP contribution in [0.4, 0.5) is 17.3 Å². The first-order chi connectivity index (χ1) is 15.7. The lowest BCUT2D eigenvalue weighted by Crippen LogP contribution is -2.42. The van der Waals surface area contributed by atoms with Gasteiger partial charge in [-0.3, -0.25) is 0 Å². The second-order valence-electron chi connectivity index (χ2n) is 10.1. The third-order valence-electron chi connectivity index (χ3n) is 7.66. The molecule has 2 bridgehead atoms. The highest BCUT2D eigenvalue weighted by atomic mass is 35.5. The average Bonchev–Trinajstić information content (AvgIpc) is 3.45. The van der Waals surface area contributed by atoms with Crippen molar-refractivity contribution in [2.45, 2.75) is 56.6 Å². The van der Waals surface area contributed by atoms with E-state index in [2.05, 4.69) is 25.3 Å². The van der Waals surface area contributed by atoms with Crippen molar-refractivity contribution in [1.82, 2.24) is 19.7 Å². The third-order valence-corrected chi connectivity index (χ3v) is 8.67. The lowest BCUT2D eigenvalue weighted by molar-refractivity contribution is 0.0351. The summed E-state index contributed by atoms with van der Waals surface area (Å²) < 4.78 is 1.97. The van der Waals surface area contributed by atoms with Crippen LogP contribution in [0.1, 0.15) is 45.4 Å². The lowest BCUT2D eigenvalue weighted by atomic mass is 9.77. The second kappa shape index (κ2) is 7.60. The molecule has 3 heterocycles. The Hall–Kier alpha value is -1.80. The monoisotopic (exact) mass is 506 g/mol. The van der Waals surface area contributed by atoms with Crippen molar-refractivity contribution in [3.05, 3.63) is 33.7 Å². The number of halogens is 3. The molecule has 2 aromatic heterocycles. The van der Waals surface area contributed by atoms with E-state index in [1.165, 1.54) is 6.42 Å². The number of hydrogen-bond donors (Lipinski definition) is 2. The minimum Gasteiger partial charge on any atom is -0.390 e. The van der Waals surface area contributed by atoms with Crippen molar-refractivity contribution < 1.29 is 5.11 Å². The van der Waals surface area contributed by atoms with Gasteiger partial charge in [0.15, 0.2) is 5.15 Å². The summed E-state index contributed by atoms with van der Waals surface area (Å²) in [4.78, 5) is 11.2. The Labute approximate surface area is 207 Å². The molecule has 0 spiro atoms. The number of rotatable bonds is 4. The summed E-state index contributed by atoms with van der Waals surface area (Å²) in [7, 11) is 0. The molecule has 7 nitrogen and oxygen atoms in total. The zero-order valence-corrected chi connectivity index (χ0v) is 20.6. The third kappa shape index (κ3) is 3.55. The van der Waals surface area contributed by atoms with Crippen LogP contribution < -0.4 is 10.2 Å². The Balaban J connectivity index is 1.31. The van der Waals surface area contributed by atoms with E-state index in [0.717, 1.165) is 36.3 Å². The van der Waals surface area contributed by atoms with E-state index in [4.69, 9.17) is 34.8 Å². The highest BCUT2D eigenvalue weighted by Crippen LogP contribution is 2.57. The van der Waals surface area contributed by atoms with Gasteiger partial charge in [0.25, 0.3) is 0 Å². The second-order valence-corrected chi connectivity index (χ2v) is 11.2. The Morgan fingerprint density at radius 2 is 1.88 bits per heavy atom. The van der Waals surface area contributed by atoms with E-state index in [0.29, 0.717) is 58.3 Å². The van der Waals surface area contributed by atoms with Gasteiger partial charge in [-0.2, -0.15) is 5.10 Å². The molecule has 174 valence electrons. The zero-order valence-electron chi connectivity index (χ0n) is 18.3. The van der Waals surface area contributed by atoms with E-state index in [9.17, 15) is 5.11 Å². The van der Waals surface area contributed by atoms with Gasteiger partial charge in [0.05, 0.1) is 44.3 Å². The number of piperidine rings is 1. The molecule has 0 atom stereocenters. The number of nitrogens with one attached hydrogen (secondary N) is 1. The predicted octanol–water partition coefficient (Wildman–Crippen LogP) is 5.78. The molecule has 1 saturated heterocycles. The van der Waals surface area contributed by atoms with E-state index in [1.54, 1.807) is 12.4 Å². The fourth-order valence-electron chi connectivity index (χ4n) is 5.70. The number of aromatic nitrogens is 4. The van der Waals surface area contributed by atoms with Crippen molar-refractivity contribution in [2.24, 2.45) is 5.92 Å². The highest BCUT2D eigenvalue weighted by molar-refractivity contribution is 6.42. The van der Waals surface area contributed by atoms with E-state index < -0.39 is 5.60 Å². The fraction of sp³-hybridized carbons (Fsp3) is 0.522. The molecule has 0 unspecified atom stereocenters. The zero-order chi connectivity index (χ0) is 23.0. The van der Waals surface area contributed by atoms with Crippen LogP contribution in [-0.4, -0.2) is 43.5 Å². The largest absolute Gasteiger partial charge is 0.390 e. The minimum atomic E-state index is -0.659. The Morgan fingerprint density at radius 1 is 1.12 bits per heavy atom. The van der Waals surface area contributed by atoms with Gasteiger partial charge in [-0.1, -0.05) is 34.8 Å². The van der Waals surface area contributed by atoms with E-state index >= 15 is 0 Å². The first-order valence-corrected chi connectivity index (χ1v) is 12.5. The van der Waals surface area contributed by atoms with Crippen LogP contribution in [-0.2, 0) is 5.54 Å². The summed E-state index contributed by atoms with van der Waals surface area (Å²) in [5, 5.41) is 20.5. The van der Waals surface area contributed by atoms with Crippen LogP contribution in [0.25, 0.3) is 10.9 Å².